The maximum atomic E-state index is 13.4. The second-order valence-electron chi connectivity index (χ2n) is 6.05. The third kappa shape index (κ3) is 3.62. The lowest BCUT2D eigenvalue weighted by atomic mass is 10.0. The van der Waals surface area contributed by atoms with E-state index in [9.17, 15) is 18.0 Å². The number of hydrogen-bond acceptors (Lipinski definition) is 4. The van der Waals surface area contributed by atoms with Crippen LogP contribution in [0, 0.1) is 25.2 Å². The standard InChI is InChI=1S/C19H14F3N3O2/c1-11-4-3-5-13(6-11)17-7-16(19(20,21)22)15(8-23)18(26)25(17)9-14-10-27-12(2)24-14/h3-7,10H,9H2,1-2H3. The van der Waals surface area contributed by atoms with E-state index in [1.807, 2.05) is 0 Å². The highest BCUT2D eigenvalue weighted by atomic mass is 19.4. The van der Waals surface area contributed by atoms with Crippen molar-refractivity contribution in [2.75, 3.05) is 0 Å². The molecule has 3 rings (SSSR count). The molecule has 3 aromatic rings. The summed E-state index contributed by atoms with van der Waals surface area (Å²) in [5, 5.41) is 9.17. The molecule has 0 saturated carbocycles. The summed E-state index contributed by atoms with van der Waals surface area (Å²) in [6, 6.07) is 8.99. The molecule has 0 radical (unpaired) electrons. The van der Waals surface area contributed by atoms with E-state index < -0.39 is 22.9 Å². The summed E-state index contributed by atoms with van der Waals surface area (Å²) < 4.78 is 46.5. The summed E-state index contributed by atoms with van der Waals surface area (Å²) in [5.41, 5.74) is -1.55. The molecular weight excluding hydrogens is 359 g/mol. The van der Waals surface area contributed by atoms with Gasteiger partial charge >= 0.3 is 6.18 Å². The first kappa shape index (κ1) is 18.5. The number of benzene rings is 1. The van der Waals surface area contributed by atoms with Crippen LogP contribution in [0.3, 0.4) is 0 Å². The zero-order valence-electron chi connectivity index (χ0n) is 14.5. The van der Waals surface area contributed by atoms with Gasteiger partial charge in [-0.05, 0) is 24.6 Å². The molecule has 2 heterocycles. The molecule has 0 N–H and O–H groups in total. The third-order valence-electron chi connectivity index (χ3n) is 4.02. The maximum absolute atomic E-state index is 13.4. The highest BCUT2D eigenvalue weighted by Gasteiger charge is 2.36. The first-order valence-corrected chi connectivity index (χ1v) is 7.94. The van der Waals surface area contributed by atoms with E-state index in [-0.39, 0.29) is 12.2 Å². The second-order valence-corrected chi connectivity index (χ2v) is 6.05. The number of rotatable bonds is 3. The van der Waals surface area contributed by atoms with Crippen molar-refractivity contribution < 1.29 is 17.6 Å². The Bertz CT molecular complexity index is 1100. The largest absolute Gasteiger partial charge is 0.449 e. The minimum Gasteiger partial charge on any atom is -0.449 e. The van der Waals surface area contributed by atoms with Gasteiger partial charge in [-0.2, -0.15) is 18.4 Å². The predicted octanol–water partition coefficient (Wildman–Crippen LogP) is 4.06. The number of aromatic nitrogens is 2. The Labute approximate surface area is 152 Å². The average molecular weight is 373 g/mol. The molecule has 5 nitrogen and oxygen atoms in total. The minimum absolute atomic E-state index is 0.0516. The molecule has 2 aromatic heterocycles. The smallest absolute Gasteiger partial charge is 0.417 e. The monoisotopic (exact) mass is 373 g/mol. The fraction of sp³-hybridized carbons (Fsp3) is 0.211. The summed E-state index contributed by atoms with van der Waals surface area (Å²) in [7, 11) is 0. The number of pyridine rings is 1. The first-order chi connectivity index (χ1) is 12.7. The highest BCUT2D eigenvalue weighted by Crippen LogP contribution is 2.33. The van der Waals surface area contributed by atoms with Crippen molar-refractivity contribution >= 4 is 0 Å². The molecule has 0 fully saturated rings. The van der Waals surface area contributed by atoms with Gasteiger partial charge in [0, 0.05) is 6.92 Å². The molecule has 0 unspecified atom stereocenters. The first-order valence-electron chi connectivity index (χ1n) is 7.94. The van der Waals surface area contributed by atoms with Crippen LogP contribution < -0.4 is 5.56 Å². The normalized spacial score (nSPS) is 11.4. The van der Waals surface area contributed by atoms with Crippen LogP contribution in [0.4, 0.5) is 13.2 Å². The predicted molar refractivity (Wildman–Crippen MR) is 90.9 cm³/mol. The van der Waals surface area contributed by atoms with E-state index in [1.54, 1.807) is 38.1 Å². The van der Waals surface area contributed by atoms with Crippen LogP contribution in [0.2, 0.25) is 0 Å². The molecule has 0 spiro atoms. The molecule has 138 valence electrons. The van der Waals surface area contributed by atoms with Gasteiger partial charge in [0.1, 0.15) is 17.9 Å². The molecule has 1 aromatic carbocycles. The summed E-state index contributed by atoms with van der Waals surface area (Å²) >= 11 is 0. The van der Waals surface area contributed by atoms with E-state index in [4.69, 9.17) is 9.68 Å². The number of nitriles is 1. The Kier molecular flexibility index (Phi) is 4.62. The number of aryl methyl sites for hydroxylation is 2. The van der Waals surface area contributed by atoms with Crippen molar-refractivity contribution in [3.63, 3.8) is 0 Å². The number of alkyl halides is 3. The molecule has 0 amide bonds. The van der Waals surface area contributed by atoms with Crippen molar-refractivity contribution in [3.8, 4) is 17.3 Å². The van der Waals surface area contributed by atoms with Crippen molar-refractivity contribution in [3.05, 3.63) is 75.2 Å². The van der Waals surface area contributed by atoms with Gasteiger partial charge in [0.05, 0.1) is 23.5 Å². The van der Waals surface area contributed by atoms with Crippen LogP contribution in [0.1, 0.15) is 28.3 Å². The molecule has 0 atom stereocenters. The molecular formula is C19H14F3N3O2. The van der Waals surface area contributed by atoms with Gasteiger partial charge in [-0.15, -0.1) is 0 Å². The number of oxazole rings is 1. The molecule has 0 aliphatic heterocycles. The lowest BCUT2D eigenvalue weighted by molar-refractivity contribution is -0.137. The Morgan fingerprint density at radius 1 is 1.26 bits per heavy atom. The lowest BCUT2D eigenvalue weighted by Gasteiger charge is -2.17. The van der Waals surface area contributed by atoms with Crippen LogP contribution >= 0.6 is 0 Å². The SMILES string of the molecule is Cc1cccc(-c2cc(C(F)(F)F)c(C#N)c(=O)n2Cc2coc(C)n2)c1. The molecule has 0 bridgehead atoms. The summed E-state index contributed by atoms with van der Waals surface area (Å²) in [6.45, 7) is 3.29. The van der Waals surface area contributed by atoms with E-state index in [2.05, 4.69) is 4.98 Å². The zero-order chi connectivity index (χ0) is 19.8. The molecule has 27 heavy (non-hydrogen) atoms. The topological polar surface area (TPSA) is 71.8 Å². The van der Waals surface area contributed by atoms with Crippen LogP contribution in [0.5, 0.6) is 0 Å². The van der Waals surface area contributed by atoms with E-state index in [1.165, 1.54) is 12.3 Å². The minimum atomic E-state index is -4.83. The highest BCUT2D eigenvalue weighted by molar-refractivity contribution is 5.63. The molecule has 0 aliphatic rings. The van der Waals surface area contributed by atoms with Crippen molar-refractivity contribution in [1.29, 1.82) is 5.26 Å². The van der Waals surface area contributed by atoms with Gasteiger partial charge in [0.15, 0.2) is 5.89 Å². The third-order valence-corrected chi connectivity index (χ3v) is 4.02. The van der Waals surface area contributed by atoms with Gasteiger partial charge < -0.3 is 8.98 Å². The Morgan fingerprint density at radius 3 is 2.56 bits per heavy atom. The Balaban J connectivity index is 2.32. The maximum Gasteiger partial charge on any atom is 0.417 e. The quantitative estimate of drug-likeness (QED) is 0.694. The summed E-state index contributed by atoms with van der Waals surface area (Å²) in [6.07, 6.45) is -3.50. The van der Waals surface area contributed by atoms with Gasteiger partial charge in [0.2, 0.25) is 0 Å². The van der Waals surface area contributed by atoms with Crippen molar-refractivity contribution in [1.82, 2.24) is 9.55 Å². The van der Waals surface area contributed by atoms with Crippen molar-refractivity contribution in [2.45, 2.75) is 26.6 Å². The number of hydrogen-bond donors (Lipinski definition) is 0. The lowest BCUT2D eigenvalue weighted by Crippen LogP contribution is -2.28. The van der Waals surface area contributed by atoms with Crippen LogP contribution in [0.15, 0.2) is 45.8 Å². The van der Waals surface area contributed by atoms with Crippen molar-refractivity contribution in [2.24, 2.45) is 0 Å². The second kappa shape index (κ2) is 6.76. The van der Waals surface area contributed by atoms with Gasteiger partial charge in [0.25, 0.3) is 5.56 Å². The number of halogens is 3. The fourth-order valence-corrected chi connectivity index (χ4v) is 2.82. The fourth-order valence-electron chi connectivity index (χ4n) is 2.82. The molecule has 0 saturated heterocycles. The van der Waals surface area contributed by atoms with Gasteiger partial charge in [-0.25, -0.2) is 4.98 Å². The molecule has 0 aliphatic carbocycles. The summed E-state index contributed by atoms with van der Waals surface area (Å²) in [5.74, 6) is 0.363. The zero-order valence-corrected chi connectivity index (χ0v) is 14.5. The van der Waals surface area contributed by atoms with Crippen LogP contribution in [0.25, 0.3) is 11.3 Å². The average Bonchev–Trinajstić information content (AvgIpc) is 3.00. The van der Waals surface area contributed by atoms with E-state index in [0.717, 1.165) is 16.2 Å². The Hall–Kier alpha value is -3.34. The van der Waals surface area contributed by atoms with E-state index >= 15 is 0 Å². The Morgan fingerprint density at radius 2 is 2.00 bits per heavy atom. The van der Waals surface area contributed by atoms with Gasteiger partial charge in [-0.1, -0.05) is 23.8 Å². The summed E-state index contributed by atoms with van der Waals surface area (Å²) in [4.78, 5) is 16.8. The molecule has 8 heteroatoms. The van der Waals surface area contributed by atoms with Crippen LogP contribution in [-0.4, -0.2) is 9.55 Å². The van der Waals surface area contributed by atoms with E-state index in [0.29, 0.717) is 17.1 Å². The van der Waals surface area contributed by atoms with Crippen LogP contribution in [-0.2, 0) is 12.7 Å². The number of nitrogens with zero attached hydrogens (tertiary/aromatic N) is 3. The van der Waals surface area contributed by atoms with Gasteiger partial charge in [-0.3, -0.25) is 4.79 Å².